The first-order chi connectivity index (χ1) is 9.99. The Morgan fingerprint density at radius 3 is 2.43 bits per heavy atom. The smallest absolute Gasteiger partial charge is 0.442 e. The molecule has 0 spiro atoms. The van der Waals surface area contributed by atoms with Crippen molar-refractivity contribution in [2.45, 2.75) is 11.5 Å². The number of amides is 1. The van der Waals surface area contributed by atoms with Gasteiger partial charge in [0.25, 0.3) is 0 Å². The summed E-state index contributed by atoms with van der Waals surface area (Å²) in [4.78, 5) is 12.0. The summed E-state index contributed by atoms with van der Waals surface area (Å²) in [6, 6.07) is 15.8. The molecular formula is C15H16N2O3S. The predicted molar refractivity (Wildman–Crippen MR) is 82.2 cm³/mol. The van der Waals surface area contributed by atoms with E-state index in [2.05, 4.69) is 4.36 Å². The van der Waals surface area contributed by atoms with Gasteiger partial charge in [-0.25, -0.2) is 9.00 Å². The van der Waals surface area contributed by atoms with E-state index in [1.54, 1.807) is 24.3 Å². The van der Waals surface area contributed by atoms with Crippen LogP contribution in [-0.4, -0.2) is 16.6 Å². The van der Waals surface area contributed by atoms with Crippen molar-refractivity contribution in [2.24, 2.45) is 4.36 Å². The lowest BCUT2D eigenvalue weighted by molar-refractivity contribution is 0.151. The van der Waals surface area contributed by atoms with Crippen molar-refractivity contribution in [1.29, 1.82) is 0 Å². The zero-order valence-electron chi connectivity index (χ0n) is 11.6. The third-order valence-electron chi connectivity index (χ3n) is 2.78. The maximum atomic E-state index is 12.5. The van der Waals surface area contributed by atoms with E-state index in [1.807, 2.05) is 30.3 Å². The highest BCUT2D eigenvalue weighted by molar-refractivity contribution is 7.93. The van der Waals surface area contributed by atoms with E-state index >= 15 is 0 Å². The van der Waals surface area contributed by atoms with Gasteiger partial charge >= 0.3 is 6.09 Å². The molecule has 2 rings (SSSR count). The molecule has 1 amide bonds. The molecule has 1 unspecified atom stereocenters. The number of carbonyl (C=O) groups is 1. The number of benzene rings is 2. The number of anilines is 1. The van der Waals surface area contributed by atoms with Crippen LogP contribution in [0.15, 0.2) is 63.9 Å². The minimum absolute atomic E-state index is 0.0863. The maximum Gasteiger partial charge on any atom is 0.442 e. The number of ether oxygens (including phenoxy) is 1. The number of nitrogens with zero attached hydrogens (tertiary/aromatic N) is 1. The summed E-state index contributed by atoms with van der Waals surface area (Å²) in [5.74, 6) is 0. The molecule has 0 saturated carbocycles. The number of carbonyl (C=O) groups excluding carboxylic acids is 1. The summed E-state index contributed by atoms with van der Waals surface area (Å²) in [7, 11) is -2.92. The van der Waals surface area contributed by atoms with Crippen LogP contribution in [0, 0.1) is 0 Å². The van der Waals surface area contributed by atoms with Crippen molar-refractivity contribution in [2.75, 3.05) is 12.0 Å². The molecule has 0 aliphatic carbocycles. The number of nitrogens with two attached hydrogens (primary N) is 1. The SMILES string of the molecule is CS(=O)(=NC(=O)OCc1ccccc1)c1ccccc1N. The average molecular weight is 304 g/mol. The second-order valence-electron chi connectivity index (χ2n) is 4.47. The monoisotopic (exact) mass is 304 g/mol. The van der Waals surface area contributed by atoms with Gasteiger partial charge in [0.1, 0.15) is 6.61 Å². The first kappa shape index (κ1) is 15.1. The van der Waals surface area contributed by atoms with E-state index in [1.165, 1.54) is 6.26 Å². The maximum absolute atomic E-state index is 12.5. The van der Waals surface area contributed by atoms with Gasteiger partial charge < -0.3 is 10.5 Å². The molecule has 0 radical (unpaired) electrons. The second kappa shape index (κ2) is 6.41. The molecule has 0 heterocycles. The van der Waals surface area contributed by atoms with Crippen molar-refractivity contribution in [3.05, 3.63) is 60.2 Å². The Morgan fingerprint density at radius 2 is 1.76 bits per heavy atom. The average Bonchev–Trinajstić information content (AvgIpc) is 2.46. The van der Waals surface area contributed by atoms with Gasteiger partial charge in [-0.05, 0) is 17.7 Å². The fraction of sp³-hybridized carbons (Fsp3) is 0.133. The summed E-state index contributed by atoms with van der Waals surface area (Å²) < 4.78 is 21.1. The lowest BCUT2D eigenvalue weighted by atomic mass is 10.2. The van der Waals surface area contributed by atoms with Crippen LogP contribution in [0.4, 0.5) is 10.5 Å². The Kier molecular flexibility index (Phi) is 4.59. The number of hydrogen-bond donors (Lipinski definition) is 1. The molecule has 110 valence electrons. The molecule has 0 fully saturated rings. The van der Waals surface area contributed by atoms with Crippen LogP contribution >= 0.6 is 0 Å². The van der Waals surface area contributed by atoms with Crippen LogP contribution in [-0.2, 0) is 21.1 Å². The van der Waals surface area contributed by atoms with Gasteiger partial charge in [0.2, 0.25) is 0 Å². The van der Waals surface area contributed by atoms with Crippen LogP contribution < -0.4 is 5.73 Å². The largest absolute Gasteiger partial charge is 0.443 e. The van der Waals surface area contributed by atoms with Crippen molar-refractivity contribution in [3.8, 4) is 0 Å². The quantitative estimate of drug-likeness (QED) is 0.883. The summed E-state index contributed by atoms with van der Waals surface area (Å²) >= 11 is 0. The molecule has 2 aromatic rings. The van der Waals surface area contributed by atoms with Crippen molar-refractivity contribution < 1.29 is 13.7 Å². The Hall–Kier alpha value is -2.34. The van der Waals surface area contributed by atoms with Gasteiger partial charge in [0.05, 0.1) is 14.6 Å². The summed E-state index contributed by atoms with van der Waals surface area (Å²) in [5.41, 5.74) is 6.93. The van der Waals surface area contributed by atoms with Gasteiger partial charge in [-0.3, -0.25) is 0 Å². The summed E-state index contributed by atoms with van der Waals surface area (Å²) in [6.07, 6.45) is 0.497. The third kappa shape index (κ3) is 4.06. The van der Waals surface area contributed by atoms with Gasteiger partial charge in [0, 0.05) is 11.9 Å². The highest BCUT2D eigenvalue weighted by atomic mass is 32.2. The topological polar surface area (TPSA) is 81.8 Å². The third-order valence-corrected chi connectivity index (χ3v) is 4.47. The Morgan fingerprint density at radius 1 is 1.14 bits per heavy atom. The standard InChI is InChI=1S/C15H16N2O3S/c1-21(19,14-10-6-5-9-13(14)16)17-15(18)20-11-12-7-3-2-4-8-12/h2-10H,11,16H2,1H3. The van der Waals surface area contributed by atoms with Gasteiger partial charge in [-0.1, -0.05) is 42.5 Å². The number of nitrogen functional groups attached to an aromatic ring is 1. The molecule has 1 atom stereocenters. The van der Waals surface area contributed by atoms with Crippen molar-refractivity contribution in [3.63, 3.8) is 0 Å². The van der Waals surface area contributed by atoms with E-state index in [0.717, 1.165) is 5.56 Å². The van der Waals surface area contributed by atoms with Gasteiger partial charge in [0.15, 0.2) is 0 Å². The molecule has 2 aromatic carbocycles. The summed E-state index contributed by atoms with van der Waals surface area (Å²) in [5, 5.41) is 0. The number of para-hydroxylation sites is 1. The van der Waals surface area contributed by atoms with Crippen LogP contribution in [0.25, 0.3) is 0 Å². The molecule has 0 aromatic heterocycles. The van der Waals surface area contributed by atoms with E-state index in [0.29, 0.717) is 10.6 Å². The Bertz CT molecular complexity index is 751. The lowest BCUT2D eigenvalue weighted by Crippen LogP contribution is -2.07. The zero-order chi connectivity index (χ0) is 15.3. The molecule has 21 heavy (non-hydrogen) atoms. The highest BCUT2D eigenvalue weighted by Crippen LogP contribution is 2.19. The highest BCUT2D eigenvalue weighted by Gasteiger charge is 2.13. The van der Waals surface area contributed by atoms with Gasteiger partial charge in [-0.15, -0.1) is 4.36 Å². The molecule has 5 nitrogen and oxygen atoms in total. The predicted octanol–water partition coefficient (Wildman–Crippen LogP) is 3.06. The molecule has 0 aliphatic rings. The van der Waals surface area contributed by atoms with Crippen molar-refractivity contribution in [1.82, 2.24) is 0 Å². The first-order valence-electron chi connectivity index (χ1n) is 6.26. The van der Waals surface area contributed by atoms with Crippen molar-refractivity contribution >= 4 is 21.5 Å². The Balaban J connectivity index is 2.13. The summed E-state index contributed by atoms with van der Waals surface area (Å²) in [6.45, 7) is 0.0863. The van der Waals surface area contributed by atoms with E-state index in [4.69, 9.17) is 10.5 Å². The minimum atomic E-state index is -2.92. The molecular weight excluding hydrogens is 288 g/mol. The van der Waals surface area contributed by atoms with Crippen LogP contribution in [0.3, 0.4) is 0 Å². The van der Waals surface area contributed by atoms with E-state index in [-0.39, 0.29) is 6.61 Å². The van der Waals surface area contributed by atoms with Crippen LogP contribution in [0.2, 0.25) is 0 Å². The zero-order valence-corrected chi connectivity index (χ0v) is 12.4. The molecule has 2 N–H and O–H groups in total. The normalized spacial score (nSPS) is 13.2. The number of rotatable bonds is 3. The van der Waals surface area contributed by atoms with Crippen LogP contribution in [0.1, 0.15) is 5.56 Å². The van der Waals surface area contributed by atoms with Crippen LogP contribution in [0.5, 0.6) is 0 Å². The fourth-order valence-corrected chi connectivity index (χ4v) is 3.03. The van der Waals surface area contributed by atoms with Gasteiger partial charge in [-0.2, -0.15) is 0 Å². The van der Waals surface area contributed by atoms with E-state index in [9.17, 15) is 9.00 Å². The lowest BCUT2D eigenvalue weighted by Gasteiger charge is -2.07. The fourth-order valence-electron chi connectivity index (χ4n) is 1.76. The van der Waals surface area contributed by atoms with E-state index < -0.39 is 15.8 Å². The minimum Gasteiger partial charge on any atom is -0.443 e. The Labute approximate surface area is 123 Å². The molecule has 0 bridgehead atoms. The molecule has 0 aliphatic heterocycles. The second-order valence-corrected chi connectivity index (χ2v) is 6.70. The molecule has 0 saturated heterocycles. The molecule has 6 heteroatoms. The number of hydrogen-bond acceptors (Lipinski definition) is 4. The first-order valence-corrected chi connectivity index (χ1v) is 8.19.